The van der Waals surface area contributed by atoms with Gasteiger partial charge in [-0.05, 0) is 31.2 Å². The minimum Gasteiger partial charge on any atom is -0.481 e. The molecule has 0 atom stereocenters. The first-order valence-electron chi connectivity index (χ1n) is 4.80. The molecule has 0 aliphatic rings. The average Bonchev–Trinajstić information content (AvgIpc) is 2.18. The number of hydrogen-bond donors (Lipinski definition) is 3. The Hall–Kier alpha value is -2.04. The summed E-state index contributed by atoms with van der Waals surface area (Å²) in [5.74, 6) is -0.891. The van der Waals surface area contributed by atoms with E-state index in [9.17, 15) is 4.79 Å². The van der Waals surface area contributed by atoms with Crippen molar-refractivity contribution < 1.29 is 14.7 Å². The Morgan fingerprint density at radius 3 is 2.12 bits per heavy atom. The Morgan fingerprint density at radius 2 is 1.75 bits per heavy atom. The molecule has 1 rings (SSSR count). The lowest BCUT2D eigenvalue weighted by atomic mass is 10.2. The van der Waals surface area contributed by atoms with Gasteiger partial charge >= 0.3 is 0 Å². The van der Waals surface area contributed by atoms with Crippen LogP contribution in [-0.2, 0) is 4.79 Å². The van der Waals surface area contributed by atoms with Crippen LogP contribution in [0.15, 0.2) is 24.3 Å². The van der Waals surface area contributed by atoms with Crippen molar-refractivity contribution in [2.75, 3.05) is 12.3 Å². The quantitative estimate of drug-likeness (QED) is 0.656. The lowest BCUT2D eigenvalue weighted by Crippen LogP contribution is -2.22. The molecule has 0 aromatic heterocycles. The van der Waals surface area contributed by atoms with E-state index in [1.807, 2.05) is 6.92 Å². The van der Waals surface area contributed by atoms with Gasteiger partial charge in [-0.3, -0.25) is 9.59 Å². The van der Waals surface area contributed by atoms with Crippen LogP contribution >= 0.6 is 0 Å². The molecule has 0 heterocycles. The number of nitrogens with one attached hydrogen (secondary N) is 1. The number of amides is 1. The van der Waals surface area contributed by atoms with Crippen LogP contribution in [0.1, 0.15) is 24.2 Å². The number of rotatable bonds is 2. The molecule has 5 heteroatoms. The fraction of sp³-hybridized carbons (Fsp3) is 0.273. The van der Waals surface area contributed by atoms with Crippen molar-refractivity contribution in [1.29, 1.82) is 0 Å². The molecule has 0 bridgehead atoms. The van der Waals surface area contributed by atoms with Gasteiger partial charge in [0.1, 0.15) is 0 Å². The lowest BCUT2D eigenvalue weighted by molar-refractivity contribution is -0.134. The van der Waals surface area contributed by atoms with Gasteiger partial charge < -0.3 is 16.2 Å². The second kappa shape index (κ2) is 7.28. The summed E-state index contributed by atoms with van der Waals surface area (Å²) in [6.07, 6.45) is 0. The summed E-state index contributed by atoms with van der Waals surface area (Å²) in [5, 5.41) is 10.1. The Bertz CT molecular complexity index is 343. The number of carboxylic acids is 1. The van der Waals surface area contributed by atoms with Crippen LogP contribution in [0.5, 0.6) is 0 Å². The minimum atomic E-state index is -0.833. The van der Waals surface area contributed by atoms with Gasteiger partial charge in [0.2, 0.25) is 0 Å². The zero-order valence-corrected chi connectivity index (χ0v) is 9.36. The van der Waals surface area contributed by atoms with Crippen LogP contribution < -0.4 is 11.1 Å². The number of benzene rings is 1. The molecule has 16 heavy (non-hydrogen) atoms. The van der Waals surface area contributed by atoms with E-state index in [-0.39, 0.29) is 5.91 Å². The molecule has 0 fully saturated rings. The third kappa shape index (κ3) is 6.42. The zero-order valence-electron chi connectivity index (χ0n) is 9.36. The molecular weight excluding hydrogens is 208 g/mol. The number of carboxylic acid groups (broad SMARTS) is 1. The maximum Gasteiger partial charge on any atom is 0.300 e. The Balaban J connectivity index is 0.000000487. The van der Waals surface area contributed by atoms with E-state index < -0.39 is 5.97 Å². The van der Waals surface area contributed by atoms with Gasteiger partial charge in [-0.15, -0.1) is 0 Å². The number of nitrogens with two attached hydrogens (primary N) is 1. The normalized spacial score (nSPS) is 8.62. The second-order valence-electron chi connectivity index (χ2n) is 3.00. The van der Waals surface area contributed by atoms with Crippen LogP contribution in [0.4, 0.5) is 5.69 Å². The van der Waals surface area contributed by atoms with Crippen LogP contribution in [-0.4, -0.2) is 23.5 Å². The summed E-state index contributed by atoms with van der Waals surface area (Å²) in [6, 6.07) is 6.84. The molecule has 1 amide bonds. The van der Waals surface area contributed by atoms with E-state index in [2.05, 4.69) is 5.32 Å². The Kier molecular flexibility index (Phi) is 6.35. The molecule has 0 spiro atoms. The van der Waals surface area contributed by atoms with Crippen LogP contribution in [0, 0.1) is 0 Å². The highest BCUT2D eigenvalue weighted by Crippen LogP contribution is 2.04. The smallest absolute Gasteiger partial charge is 0.300 e. The second-order valence-corrected chi connectivity index (χ2v) is 3.00. The number of carbonyl (C=O) groups excluding carboxylic acids is 1. The number of nitrogen functional groups attached to an aromatic ring is 1. The molecule has 4 N–H and O–H groups in total. The molecule has 0 aliphatic carbocycles. The number of aliphatic carboxylic acids is 1. The van der Waals surface area contributed by atoms with Gasteiger partial charge in [-0.2, -0.15) is 0 Å². The Labute approximate surface area is 94.3 Å². The maximum absolute atomic E-state index is 11.2. The van der Waals surface area contributed by atoms with Gasteiger partial charge in [0.15, 0.2) is 0 Å². The summed E-state index contributed by atoms with van der Waals surface area (Å²) >= 11 is 0. The average molecular weight is 224 g/mol. The summed E-state index contributed by atoms with van der Waals surface area (Å²) in [5.41, 5.74) is 6.78. The third-order valence-electron chi connectivity index (χ3n) is 1.51. The van der Waals surface area contributed by atoms with Gasteiger partial charge in [-0.1, -0.05) is 0 Å². The van der Waals surface area contributed by atoms with E-state index in [0.717, 1.165) is 6.92 Å². The fourth-order valence-electron chi connectivity index (χ4n) is 0.897. The van der Waals surface area contributed by atoms with Crippen molar-refractivity contribution >= 4 is 17.6 Å². The first-order chi connectivity index (χ1) is 7.47. The topological polar surface area (TPSA) is 92.4 Å². The van der Waals surface area contributed by atoms with E-state index >= 15 is 0 Å². The fourth-order valence-corrected chi connectivity index (χ4v) is 0.897. The predicted octanol–water partition coefficient (Wildman–Crippen LogP) is 1.11. The predicted molar refractivity (Wildman–Crippen MR) is 62.2 cm³/mol. The largest absolute Gasteiger partial charge is 0.481 e. The molecule has 1 aromatic carbocycles. The van der Waals surface area contributed by atoms with Crippen molar-refractivity contribution in [3.05, 3.63) is 29.8 Å². The molecule has 1 aromatic rings. The highest BCUT2D eigenvalue weighted by Gasteiger charge is 2.01. The molecular formula is C11H16N2O3. The molecule has 0 saturated heterocycles. The molecule has 0 radical (unpaired) electrons. The monoisotopic (exact) mass is 224 g/mol. The summed E-state index contributed by atoms with van der Waals surface area (Å²) in [6.45, 7) is 3.61. The molecule has 0 saturated carbocycles. The van der Waals surface area contributed by atoms with Crippen LogP contribution in [0.3, 0.4) is 0 Å². The van der Waals surface area contributed by atoms with Crippen molar-refractivity contribution in [1.82, 2.24) is 5.32 Å². The summed E-state index contributed by atoms with van der Waals surface area (Å²) in [4.78, 5) is 20.2. The van der Waals surface area contributed by atoms with Crippen LogP contribution in [0.25, 0.3) is 0 Å². The minimum absolute atomic E-state index is 0.0579. The van der Waals surface area contributed by atoms with Crippen molar-refractivity contribution in [2.24, 2.45) is 0 Å². The van der Waals surface area contributed by atoms with Gasteiger partial charge in [0.25, 0.3) is 11.9 Å². The highest BCUT2D eigenvalue weighted by molar-refractivity contribution is 5.94. The molecule has 0 aliphatic heterocycles. The van der Waals surface area contributed by atoms with E-state index in [1.54, 1.807) is 24.3 Å². The molecule has 0 unspecified atom stereocenters. The number of hydrogen-bond acceptors (Lipinski definition) is 3. The maximum atomic E-state index is 11.2. The molecule has 88 valence electrons. The van der Waals surface area contributed by atoms with Gasteiger partial charge in [-0.25, -0.2) is 0 Å². The van der Waals surface area contributed by atoms with Crippen molar-refractivity contribution in [3.63, 3.8) is 0 Å². The first kappa shape index (κ1) is 14.0. The van der Waals surface area contributed by atoms with Crippen molar-refractivity contribution in [2.45, 2.75) is 13.8 Å². The number of carbonyl (C=O) groups is 2. The van der Waals surface area contributed by atoms with Crippen molar-refractivity contribution in [3.8, 4) is 0 Å². The summed E-state index contributed by atoms with van der Waals surface area (Å²) < 4.78 is 0. The third-order valence-corrected chi connectivity index (χ3v) is 1.51. The highest BCUT2D eigenvalue weighted by atomic mass is 16.4. The first-order valence-corrected chi connectivity index (χ1v) is 4.80. The summed E-state index contributed by atoms with van der Waals surface area (Å²) in [7, 11) is 0. The van der Waals surface area contributed by atoms with E-state index in [1.165, 1.54) is 0 Å². The SMILES string of the molecule is CC(=O)O.CCNC(=O)c1ccc(N)cc1. The van der Waals surface area contributed by atoms with Gasteiger partial charge in [0, 0.05) is 24.7 Å². The zero-order chi connectivity index (χ0) is 12.6. The standard InChI is InChI=1S/C9H12N2O.C2H4O2/c1-2-11-9(12)7-3-5-8(10)6-4-7;1-2(3)4/h3-6H,2,10H2,1H3,(H,11,12);1H3,(H,3,4). The molecule has 5 nitrogen and oxygen atoms in total. The van der Waals surface area contributed by atoms with Crippen LogP contribution in [0.2, 0.25) is 0 Å². The Morgan fingerprint density at radius 1 is 1.31 bits per heavy atom. The van der Waals surface area contributed by atoms with Gasteiger partial charge in [0.05, 0.1) is 0 Å². The number of anilines is 1. The van der Waals surface area contributed by atoms with E-state index in [0.29, 0.717) is 17.8 Å². The van der Waals surface area contributed by atoms with E-state index in [4.69, 9.17) is 15.6 Å². The lowest BCUT2D eigenvalue weighted by Gasteiger charge is -2.01.